The molecule has 0 unspecified atom stereocenters. The Morgan fingerprint density at radius 1 is 0.667 bits per heavy atom. The Kier molecular flexibility index (Phi) is 14.7. The normalized spacial score (nSPS) is 12.0. The lowest BCUT2D eigenvalue weighted by Gasteiger charge is -2.22. The van der Waals surface area contributed by atoms with Crippen LogP contribution in [-0.4, -0.2) is 18.9 Å². The molecular weight excluding hydrogens is 260 g/mol. The summed E-state index contributed by atoms with van der Waals surface area (Å²) in [6.45, 7) is 6.00. The Morgan fingerprint density at radius 2 is 1.14 bits per heavy atom. The predicted octanol–water partition coefficient (Wildman–Crippen LogP) is 4.73. The van der Waals surface area contributed by atoms with E-state index < -0.39 is 5.66 Å². The molecule has 0 aromatic heterocycles. The van der Waals surface area contributed by atoms with Gasteiger partial charge in [-0.3, -0.25) is 0 Å². The zero-order chi connectivity index (χ0) is 15.8. The summed E-state index contributed by atoms with van der Waals surface area (Å²) < 4.78 is 5.63. The lowest BCUT2D eigenvalue weighted by molar-refractivity contribution is 0.120. The Hall–Kier alpha value is -0.120. The maximum Gasteiger partial charge on any atom is 0.0634 e. The van der Waals surface area contributed by atoms with Gasteiger partial charge in [0.1, 0.15) is 0 Å². The first-order chi connectivity index (χ1) is 10.1. The first-order valence-corrected chi connectivity index (χ1v) is 9.28. The number of nitrogens with two attached hydrogens (primary N) is 2. The van der Waals surface area contributed by atoms with Gasteiger partial charge in [0.2, 0.25) is 0 Å². The van der Waals surface area contributed by atoms with Crippen molar-refractivity contribution in [2.45, 2.75) is 103 Å². The van der Waals surface area contributed by atoms with Crippen molar-refractivity contribution in [1.82, 2.24) is 0 Å². The predicted molar refractivity (Wildman–Crippen MR) is 93.3 cm³/mol. The average Bonchev–Trinajstić information content (AvgIpc) is 2.47. The summed E-state index contributed by atoms with van der Waals surface area (Å²) in [6.07, 6.45) is 16.3. The molecule has 3 heteroatoms. The lowest BCUT2D eigenvalue weighted by Crippen LogP contribution is -2.48. The summed E-state index contributed by atoms with van der Waals surface area (Å²) >= 11 is 0. The fraction of sp³-hybridized carbons (Fsp3) is 1.00. The monoisotopic (exact) mass is 300 g/mol. The van der Waals surface area contributed by atoms with Crippen molar-refractivity contribution in [2.24, 2.45) is 11.5 Å². The van der Waals surface area contributed by atoms with Gasteiger partial charge in [0.25, 0.3) is 0 Å². The van der Waals surface area contributed by atoms with Crippen molar-refractivity contribution in [3.63, 3.8) is 0 Å². The molecule has 0 aliphatic heterocycles. The maximum atomic E-state index is 5.89. The van der Waals surface area contributed by atoms with Crippen LogP contribution in [0, 0.1) is 0 Å². The van der Waals surface area contributed by atoms with Gasteiger partial charge >= 0.3 is 0 Å². The van der Waals surface area contributed by atoms with Crippen molar-refractivity contribution in [3.05, 3.63) is 0 Å². The molecule has 21 heavy (non-hydrogen) atoms. The summed E-state index contributed by atoms with van der Waals surface area (Å²) in [5.41, 5.74) is 11.3. The van der Waals surface area contributed by atoms with Crippen LogP contribution in [0.4, 0.5) is 0 Å². The van der Waals surface area contributed by atoms with Crippen LogP contribution in [0.2, 0.25) is 0 Å². The molecule has 0 atom stereocenters. The SMILES string of the molecule is CCCCCCCCCCCCOCCCC(N)(N)CC. The quantitative estimate of drug-likeness (QED) is 0.320. The third kappa shape index (κ3) is 16.1. The van der Waals surface area contributed by atoms with Gasteiger partial charge < -0.3 is 16.2 Å². The van der Waals surface area contributed by atoms with Crippen molar-refractivity contribution in [2.75, 3.05) is 13.2 Å². The van der Waals surface area contributed by atoms with Crippen LogP contribution in [0.3, 0.4) is 0 Å². The van der Waals surface area contributed by atoms with Gasteiger partial charge in [0.15, 0.2) is 0 Å². The largest absolute Gasteiger partial charge is 0.381 e. The minimum Gasteiger partial charge on any atom is -0.381 e. The second-order valence-corrected chi connectivity index (χ2v) is 6.48. The van der Waals surface area contributed by atoms with Crippen molar-refractivity contribution >= 4 is 0 Å². The molecule has 0 radical (unpaired) electrons. The zero-order valence-corrected chi connectivity index (χ0v) is 14.7. The van der Waals surface area contributed by atoms with Crippen molar-refractivity contribution < 1.29 is 4.74 Å². The molecule has 0 saturated heterocycles. The number of rotatable bonds is 16. The summed E-state index contributed by atoms with van der Waals surface area (Å²) in [6, 6.07) is 0. The molecular formula is C18H40N2O. The van der Waals surface area contributed by atoms with E-state index >= 15 is 0 Å². The molecule has 0 saturated carbocycles. The van der Waals surface area contributed by atoms with Gasteiger partial charge in [-0.15, -0.1) is 0 Å². The number of unbranched alkanes of at least 4 members (excludes halogenated alkanes) is 9. The van der Waals surface area contributed by atoms with Crippen molar-refractivity contribution in [3.8, 4) is 0 Å². The minimum atomic E-state index is -0.500. The average molecular weight is 301 g/mol. The summed E-state index contributed by atoms with van der Waals surface area (Å²) in [4.78, 5) is 0. The molecule has 0 aromatic rings. The molecule has 0 spiro atoms. The topological polar surface area (TPSA) is 61.3 Å². The van der Waals surface area contributed by atoms with Gasteiger partial charge in [-0.1, -0.05) is 71.6 Å². The fourth-order valence-electron chi connectivity index (χ4n) is 2.47. The zero-order valence-electron chi connectivity index (χ0n) is 14.7. The molecule has 0 bridgehead atoms. The van der Waals surface area contributed by atoms with Crippen LogP contribution in [-0.2, 0) is 4.74 Å². The highest BCUT2D eigenvalue weighted by atomic mass is 16.5. The third-order valence-electron chi connectivity index (χ3n) is 4.23. The van der Waals surface area contributed by atoms with Crippen LogP contribution in [0.5, 0.6) is 0 Å². The van der Waals surface area contributed by atoms with Gasteiger partial charge in [-0.05, 0) is 25.7 Å². The van der Waals surface area contributed by atoms with E-state index in [0.717, 1.165) is 32.5 Å². The van der Waals surface area contributed by atoms with Crippen LogP contribution in [0.1, 0.15) is 97.3 Å². The highest BCUT2D eigenvalue weighted by Crippen LogP contribution is 2.11. The van der Waals surface area contributed by atoms with Gasteiger partial charge in [0, 0.05) is 13.2 Å². The molecule has 3 nitrogen and oxygen atoms in total. The smallest absolute Gasteiger partial charge is 0.0634 e. The van der Waals surface area contributed by atoms with E-state index in [-0.39, 0.29) is 0 Å². The summed E-state index contributed by atoms with van der Waals surface area (Å²) in [5, 5.41) is 0. The highest BCUT2D eigenvalue weighted by molar-refractivity contribution is 4.73. The second-order valence-electron chi connectivity index (χ2n) is 6.48. The highest BCUT2D eigenvalue weighted by Gasteiger charge is 2.14. The standard InChI is InChI=1S/C18H40N2O/c1-3-5-6-7-8-9-10-11-12-13-16-21-17-14-15-18(19,20)4-2/h3-17,19-20H2,1-2H3. The molecule has 0 rings (SSSR count). The van der Waals surface area contributed by atoms with E-state index in [1.54, 1.807) is 0 Å². The molecule has 0 amide bonds. The van der Waals surface area contributed by atoms with E-state index in [4.69, 9.17) is 16.2 Å². The van der Waals surface area contributed by atoms with Crippen LogP contribution in [0.25, 0.3) is 0 Å². The van der Waals surface area contributed by atoms with E-state index in [1.807, 2.05) is 6.92 Å². The molecule has 0 aromatic carbocycles. The Bertz CT molecular complexity index is 207. The van der Waals surface area contributed by atoms with Gasteiger partial charge in [0.05, 0.1) is 5.66 Å². The number of hydrogen-bond donors (Lipinski definition) is 2. The third-order valence-corrected chi connectivity index (χ3v) is 4.23. The first kappa shape index (κ1) is 20.9. The van der Waals surface area contributed by atoms with Crippen LogP contribution >= 0.6 is 0 Å². The first-order valence-electron chi connectivity index (χ1n) is 9.28. The Labute approximate surface area is 133 Å². The Morgan fingerprint density at radius 3 is 1.67 bits per heavy atom. The van der Waals surface area contributed by atoms with E-state index in [1.165, 1.54) is 64.2 Å². The van der Waals surface area contributed by atoms with E-state index in [0.29, 0.717) is 0 Å². The van der Waals surface area contributed by atoms with E-state index in [2.05, 4.69) is 6.92 Å². The lowest BCUT2D eigenvalue weighted by atomic mass is 10.0. The van der Waals surface area contributed by atoms with Crippen LogP contribution < -0.4 is 11.5 Å². The van der Waals surface area contributed by atoms with Crippen molar-refractivity contribution in [1.29, 1.82) is 0 Å². The van der Waals surface area contributed by atoms with Gasteiger partial charge in [-0.2, -0.15) is 0 Å². The summed E-state index contributed by atoms with van der Waals surface area (Å²) in [7, 11) is 0. The second kappa shape index (κ2) is 14.8. The molecule has 0 aliphatic carbocycles. The number of hydrogen-bond acceptors (Lipinski definition) is 3. The minimum absolute atomic E-state index is 0.500. The van der Waals surface area contributed by atoms with E-state index in [9.17, 15) is 0 Å². The maximum absolute atomic E-state index is 5.89. The molecule has 4 N–H and O–H groups in total. The number of ether oxygens (including phenoxy) is 1. The molecule has 128 valence electrons. The van der Waals surface area contributed by atoms with Gasteiger partial charge in [-0.25, -0.2) is 0 Å². The molecule has 0 aliphatic rings. The fourth-order valence-corrected chi connectivity index (χ4v) is 2.47. The molecule has 0 heterocycles. The summed E-state index contributed by atoms with van der Waals surface area (Å²) in [5.74, 6) is 0. The Balaban J connectivity index is 3.06. The van der Waals surface area contributed by atoms with Crippen LogP contribution in [0.15, 0.2) is 0 Å². The molecule has 0 fully saturated rings.